The van der Waals surface area contributed by atoms with E-state index in [9.17, 15) is 0 Å². The van der Waals surface area contributed by atoms with E-state index < -0.39 is 0 Å². The van der Waals surface area contributed by atoms with Crippen LogP contribution in [-0.4, -0.2) is 61.8 Å². The van der Waals surface area contributed by atoms with E-state index in [-0.39, 0.29) is 0 Å². The number of fused-ring (bicyclic) bond motifs is 1. The molecule has 3 rings (SSSR count). The lowest BCUT2D eigenvalue weighted by atomic mass is 9.85. The highest BCUT2D eigenvalue weighted by molar-refractivity contribution is 4.89. The minimum absolute atomic E-state index is 0.935. The van der Waals surface area contributed by atoms with Crippen LogP contribution < -0.4 is 0 Å². The van der Waals surface area contributed by atoms with Crippen LogP contribution in [0.15, 0.2) is 0 Å². The Hall–Kier alpha value is -0.120. The molecule has 3 nitrogen and oxygen atoms in total. The second-order valence-electron chi connectivity index (χ2n) is 5.89. The van der Waals surface area contributed by atoms with Crippen molar-refractivity contribution in [3.8, 4) is 0 Å². The number of likely N-dealkylation sites (tertiary alicyclic amines) is 1. The number of ether oxygens (including phenoxy) is 1. The zero-order valence-corrected chi connectivity index (χ0v) is 10.9. The van der Waals surface area contributed by atoms with Gasteiger partial charge in [-0.15, -0.1) is 0 Å². The van der Waals surface area contributed by atoms with Crippen molar-refractivity contribution in [2.24, 2.45) is 5.92 Å². The molecule has 98 valence electrons. The fraction of sp³-hybridized carbons (Fsp3) is 1.00. The van der Waals surface area contributed by atoms with Gasteiger partial charge in [-0.3, -0.25) is 9.80 Å². The van der Waals surface area contributed by atoms with E-state index in [0.717, 1.165) is 38.3 Å². The molecule has 1 saturated carbocycles. The average Bonchev–Trinajstić information content (AvgIpc) is 2.81. The van der Waals surface area contributed by atoms with Crippen LogP contribution >= 0.6 is 0 Å². The van der Waals surface area contributed by atoms with Crippen molar-refractivity contribution >= 4 is 0 Å². The molecule has 0 unspecified atom stereocenters. The topological polar surface area (TPSA) is 15.7 Å². The van der Waals surface area contributed by atoms with Crippen LogP contribution in [0.4, 0.5) is 0 Å². The second-order valence-corrected chi connectivity index (χ2v) is 5.89. The number of nitrogens with zero attached hydrogens (tertiary/aromatic N) is 2. The standard InChI is InChI=1S/C14H26N2O/c1-2-4-14-13(3-1)5-6-16(14)8-7-15-9-11-17-12-10-15/h13-14H,1-12H2/t13-,14-/m0/s1. The first-order chi connectivity index (χ1) is 8.43. The van der Waals surface area contributed by atoms with Crippen LogP contribution in [0, 0.1) is 5.92 Å². The minimum Gasteiger partial charge on any atom is -0.379 e. The Bertz CT molecular complexity index is 240. The molecule has 3 aliphatic rings. The third kappa shape index (κ3) is 2.83. The van der Waals surface area contributed by atoms with Crippen molar-refractivity contribution in [1.29, 1.82) is 0 Å². The Balaban J connectivity index is 1.45. The molecule has 0 spiro atoms. The van der Waals surface area contributed by atoms with E-state index >= 15 is 0 Å². The maximum atomic E-state index is 5.40. The van der Waals surface area contributed by atoms with Gasteiger partial charge in [-0.2, -0.15) is 0 Å². The van der Waals surface area contributed by atoms with Gasteiger partial charge in [0.05, 0.1) is 13.2 Å². The van der Waals surface area contributed by atoms with Crippen LogP contribution in [-0.2, 0) is 4.74 Å². The number of hydrogen-bond acceptors (Lipinski definition) is 3. The first-order valence-corrected chi connectivity index (χ1v) is 7.47. The number of rotatable bonds is 3. The average molecular weight is 238 g/mol. The monoisotopic (exact) mass is 238 g/mol. The molecule has 2 heterocycles. The van der Waals surface area contributed by atoms with Crippen molar-refractivity contribution in [2.45, 2.75) is 38.1 Å². The largest absolute Gasteiger partial charge is 0.379 e. The zero-order chi connectivity index (χ0) is 11.5. The summed E-state index contributed by atoms with van der Waals surface area (Å²) in [6.45, 7) is 8.06. The molecular formula is C14H26N2O. The third-order valence-electron chi connectivity index (χ3n) is 4.93. The molecule has 2 aliphatic heterocycles. The number of hydrogen-bond donors (Lipinski definition) is 0. The second kappa shape index (κ2) is 5.68. The Morgan fingerprint density at radius 3 is 2.59 bits per heavy atom. The van der Waals surface area contributed by atoms with Crippen LogP contribution in [0.3, 0.4) is 0 Å². The van der Waals surface area contributed by atoms with Gasteiger partial charge in [0, 0.05) is 32.2 Å². The van der Waals surface area contributed by atoms with Gasteiger partial charge in [0.2, 0.25) is 0 Å². The Kier molecular flexibility index (Phi) is 3.99. The summed E-state index contributed by atoms with van der Waals surface area (Å²) >= 11 is 0. The summed E-state index contributed by atoms with van der Waals surface area (Å²) in [6.07, 6.45) is 7.38. The first-order valence-electron chi connectivity index (χ1n) is 7.47. The van der Waals surface area contributed by atoms with Crippen molar-refractivity contribution in [3.63, 3.8) is 0 Å². The van der Waals surface area contributed by atoms with Crippen molar-refractivity contribution in [3.05, 3.63) is 0 Å². The zero-order valence-electron chi connectivity index (χ0n) is 10.9. The summed E-state index contributed by atoms with van der Waals surface area (Å²) in [7, 11) is 0. The van der Waals surface area contributed by atoms with E-state index in [4.69, 9.17) is 4.74 Å². The lowest BCUT2D eigenvalue weighted by Crippen LogP contribution is -2.43. The Morgan fingerprint density at radius 1 is 0.882 bits per heavy atom. The minimum atomic E-state index is 0.935. The van der Waals surface area contributed by atoms with Gasteiger partial charge >= 0.3 is 0 Å². The Labute approximate surface area is 105 Å². The lowest BCUT2D eigenvalue weighted by Gasteiger charge is -2.34. The van der Waals surface area contributed by atoms with E-state index in [1.807, 2.05) is 0 Å². The summed E-state index contributed by atoms with van der Waals surface area (Å²) in [5, 5.41) is 0. The lowest BCUT2D eigenvalue weighted by molar-refractivity contribution is 0.0314. The summed E-state index contributed by atoms with van der Waals surface area (Å²) in [6, 6.07) is 0.935. The van der Waals surface area contributed by atoms with Gasteiger partial charge in [0.1, 0.15) is 0 Å². The summed E-state index contributed by atoms with van der Waals surface area (Å²) in [4.78, 5) is 5.35. The molecule has 0 amide bonds. The van der Waals surface area contributed by atoms with E-state index in [2.05, 4.69) is 9.80 Å². The predicted octanol–water partition coefficient (Wildman–Crippen LogP) is 1.58. The van der Waals surface area contributed by atoms with Crippen LogP contribution in [0.25, 0.3) is 0 Å². The van der Waals surface area contributed by atoms with Crippen LogP contribution in [0.2, 0.25) is 0 Å². The van der Waals surface area contributed by atoms with E-state index in [1.165, 1.54) is 51.7 Å². The normalized spacial score (nSPS) is 36.0. The fourth-order valence-corrected chi connectivity index (χ4v) is 3.88. The van der Waals surface area contributed by atoms with Crippen LogP contribution in [0.1, 0.15) is 32.1 Å². The highest BCUT2D eigenvalue weighted by Crippen LogP contribution is 2.35. The maximum Gasteiger partial charge on any atom is 0.0594 e. The SMILES string of the molecule is C1CC[C@H]2[C@@H](C1)CCN2CCN1CCOCC1. The van der Waals surface area contributed by atoms with Crippen molar-refractivity contribution < 1.29 is 4.74 Å². The van der Waals surface area contributed by atoms with Crippen molar-refractivity contribution in [2.75, 3.05) is 45.9 Å². The van der Waals surface area contributed by atoms with E-state index in [1.54, 1.807) is 0 Å². The molecule has 3 fully saturated rings. The summed E-state index contributed by atoms with van der Waals surface area (Å²) in [5.41, 5.74) is 0. The van der Waals surface area contributed by atoms with Crippen molar-refractivity contribution in [1.82, 2.24) is 9.80 Å². The molecule has 0 aromatic heterocycles. The molecule has 0 N–H and O–H groups in total. The Morgan fingerprint density at radius 2 is 1.71 bits per heavy atom. The van der Waals surface area contributed by atoms with Gasteiger partial charge in [-0.25, -0.2) is 0 Å². The molecule has 1 aliphatic carbocycles. The third-order valence-corrected chi connectivity index (χ3v) is 4.93. The smallest absolute Gasteiger partial charge is 0.0594 e. The van der Waals surface area contributed by atoms with Crippen LogP contribution in [0.5, 0.6) is 0 Å². The molecule has 17 heavy (non-hydrogen) atoms. The highest BCUT2D eigenvalue weighted by atomic mass is 16.5. The number of morpholine rings is 1. The molecule has 0 radical (unpaired) electrons. The maximum absolute atomic E-state index is 5.40. The van der Waals surface area contributed by atoms with E-state index in [0.29, 0.717) is 0 Å². The van der Waals surface area contributed by atoms with Gasteiger partial charge in [0.25, 0.3) is 0 Å². The van der Waals surface area contributed by atoms with Gasteiger partial charge in [-0.05, 0) is 31.7 Å². The van der Waals surface area contributed by atoms with Gasteiger partial charge in [-0.1, -0.05) is 12.8 Å². The fourth-order valence-electron chi connectivity index (χ4n) is 3.88. The predicted molar refractivity (Wildman–Crippen MR) is 69.2 cm³/mol. The summed E-state index contributed by atoms with van der Waals surface area (Å²) < 4.78 is 5.40. The molecule has 0 bridgehead atoms. The summed E-state index contributed by atoms with van der Waals surface area (Å²) in [5.74, 6) is 1.04. The van der Waals surface area contributed by atoms with Gasteiger partial charge < -0.3 is 4.74 Å². The molecule has 0 aromatic carbocycles. The van der Waals surface area contributed by atoms with Gasteiger partial charge in [0.15, 0.2) is 0 Å². The molecule has 3 heteroatoms. The quantitative estimate of drug-likeness (QED) is 0.742. The molecule has 2 atom stereocenters. The molecule has 2 saturated heterocycles. The first kappa shape index (κ1) is 11.9. The molecule has 0 aromatic rings. The highest BCUT2D eigenvalue weighted by Gasteiger charge is 2.35. The molecular weight excluding hydrogens is 212 g/mol.